The van der Waals surface area contributed by atoms with Gasteiger partial charge in [-0.3, -0.25) is 19.3 Å². The van der Waals surface area contributed by atoms with Crippen LogP contribution in [0.25, 0.3) is 0 Å². The number of amides is 3. The van der Waals surface area contributed by atoms with Crippen LogP contribution in [0.4, 0.5) is 5.00 Å². The van der Waals surface area contributed by atoms with Crippen LogP contribution < -0.4 is 5.32 Å². The number of nitrogens with zero attached hydrogens (tertiary/aromatic N) is 2. The first kappa shape index (κ1) is 25.1. The summed E-state index contributed by atoms with van der Waals surface area (Å²) >= 11 is 1.41. The predicted octanol–water partition coefficient (Wildman–Crippen LogP) is 3.74. The highest BCUT2D eigenvalue weighted by atomic mass is 32.1. The quantitative estimate of drug-likeness (QED) is 0.265. The van der Waals surface area contributed by atoms with E-state index in [-0.39, 0.29) is 24.2 Å². The van der Waals surface area contributed by atoms with Gasteiger partial charge in [-0.2, -0.15) is 5.26 Å². The van der Waals surface area contributed by atoms with Crippen LogP contribution in [-0.4, -0.2) is 41.2 Å². The van der Waals surface area contributed by atoms with Crippen molar-refractivity contribution in [1.29, 1.82) is 5.26 Å². The molecule has 3 unspecified atom stereocenters. The number of carbonyl (C=O) groups is 4. The lowest BCUT2D eigenvalue weighted by atomic mass is 9.85. The van der Waals surface area contributed by atoms with E-state index in [2.05, 4.69) is 11.4 Å². The fraction of sp³-hybridized carbons (Fsp3) is 0.577. The van der Waals surface area contributed by atoms with Gasteiger partial charge in [0.1, 0.15) is 17.1 Å². The molecule has 1 aromatic heterocycles. The largest absolute Gasteiger partial charge is 0.454 e. The van der Waals surface area contributed by atoms with Gasteiger partial charge in [0.15, 0.2) is 6.61 Å². The maximum Gasteiger partial charge on any atom is 0.329 e. The molecular formula is C26H31N3O5S. The van der Waals surface area contributed by atoms with Crippen molar-refractivity contribution in [2.75, 3.05) is 11.9 Å². The number of allylic oxidation sites excluding steroid dienone is 2. The molecule has 3 aliphatic rings. The van der Waals surface area contributed by atoms with E-state index in [9.17, 15) is 24.4 Å². The molecule has 3 atom stereocenters. The number of carbonyl (C=O) groups excluding carboxylic acids is 4. The van der Waals surface area contributed by atoms with E-state index in [0.717, 1.165) is 47.4 Å². The molecule has 1 fully saturated rings. The third-order valence-corrected chi connectivity index (χ3v) is 8.16. The molecule has 1 saturated heterocycles. The molecule has 186 valence electrons. The van der Waals surface area contributed by atoms with Crippen molar-refractivity contribution in [3.8, 4) is 6.07 Å². The fourth-order valence-corrected chi connectivity index (χ4v) is 6.49. The maximum absolute atomic E-state index is 13.0. The van der Waals surface area contributed by atoms with Gasteiger partial charge in [0, 0.05) is 4.88 Å². The molecule has 0 aromatic carbocycles. The van der Waals surface area contributed by atoms with Gasteiger partial charge in [-0.1, -0.05) is 32.4 Å². The normalized spacial score (nSPS) is 22.3. The number of nitriles is 1. The predicted molar refractivity (Wildman–Crippen MR) is 130 cm³/mol. The summed E-state index contributed by atoms with van der Waals surface area (Å²) in [5.74, 6) is -2.82. The topological polar surface area (TPSA) is 117 Å². The first-order valence-electron chi connectivity index (χ1n) is 12.3. The Bertz CT molecular complexity index is 1070. The molecule has 4 rings (SSSR count). The highest BCUT2D eigenvalue weighted by Gasteiger charge is 2.51. The summed E-state index contributed by atoms with van der Waals surface area (Å²) in [5, 5.41) is 12.9. The number of hydrogen-bond donors (Lipinski definition) is 1. The monoisotopic (exact) mass is 497 g/mol. The van der Waals surface area contributed by atoms with E-state index >= 15 is 0 Å². The molecule has 0 radical (unpaired) electrons. The molecule has 1 aromatic rings. The van der Waals surface area contributed by atoms with E-state index in [1.807, 2.05) is 26.0 Å². The Morgan fingerprint density at radius 1 is 1.14 bits per heavy atom. The molecule has 2 aliphatic carbocycles. The Kier molecular flexibility index (Phi) is 7.70. The maximum atomic E-state index is 13.0. The van der Waals surface area contributed by atoms with Crippen molar-refractivity contribution in [2.45, 2.75) is 71.3 Å². The summed E-state index contributed by atoms with van der Waals surface area (Å²) < 4.78 is 5.31. The number of anilines is 1. The van der Waals surface area contributed by atoms with Crippen LogP contribution in [0, 0.1) is 29.1 Å². The minimum atomic E-state index is -1.05. The van der Waals surface area contributed by atoms with Crippen LogP contribution in [-0.2, 0) is 36.8 Å². The van der Waals surface area contributed by atoms with Crippen LogP contribution in [0.15, 0.2) is 12.2 Å². The van der Waals surface area contributed by atoms with Gasteiger partial charge in [0.2, 0.25) is 11.8 Å². The van der Waals surface area contributed by atoms with Crippen LogP contribution >= 0.6 is 11.3 Å². The molecule has 1 N–H and O–H groups in total. The number of hydrogen-bond acceptors (Lipinski definition) is 7. The average molecular weight is 498 g/mol. The minimum absolute atomic E-state index is 0.0300. The van der Waals surface area contributed by atoms with Gasteiger partial charge in [-0.05, 0) is 56.4 Å². The zero-order chi connectivity index (χ0) is 25.1. The second-order valence-corrected chi connectivity index (χ2v) is 11.0. The van der Waals surface area contributed by atoms with E-state index in [1.165, 1.54) is 11.3 Å². The Morgan fingerprint density at radius 2 is 1.80 bits per heavy atom. The number of aryl methyl sites for hydroxylation is 1. The van der Waals surface area contributed by atoms with Crippen LogP contribution in [0.3, 0.4) is 0 Å². The molecule has 0 bridgehead atoms. The van der Waals surface area contributed by atoms with E-state index in [4.69, 9.17) is 4.74 Å². The van der Waals surface area contributed by atoms with Crippen LogP contribution in [0.2, 0.25) is 0 Å². The Morgan fingerprint density at radius 3 is 2.43 bits per heavy atom. The van der Waals surface area contributed by atoms with Crippen molar-refractivity contribution >= 4 is 40.0 Å². The van der Waals surface area contributed by atoms with E-state index < -0.39 is 36.4 Å². The van der Waals surface area contributed by atoms with Gasteiger partial charge >= 0.3 is 5.97 Å². The Hall–Kier alpha value is -2.99. The van der Waals surface area contributed by atoms with Crippen molar-refractivity contribution < 1.29 is 23.9 Å². The molecule has 9 heteroatoms. The van der Waals surface area contributed by atoms with Crippen LogP contribution in [0.5, 0.6) is 0 Å². The third-order valence-electron chi connectivity index (χ3n) is 6.95. The second kappa shape index (κ2) is 10.7. The van der Waals surface area contributed by atoms with Crippen LogP contribution in [0.1, 0.15) is 68.4 Å². The lowest BCUT2D eigenvalue weighted by Crippen LogP contribution is -2.47. The number of esters is 1. The molecule has 0 saturated carbocycles. The summed E-state index contributed by atoms with van der Waals surface area (Å²) in [5.41, 5.74) is 1.51. The average Bonchev–Trinajstić information content (AvgIpc) is 3.16. The van der Waals surface area contributed by atoms with Crippen molar-refractivity contribution in [3.63, 3.8) is 0 Å². The van der Waals surface area contributed by atoms with Gasteiger partial charge in [0.25, 0.3) is 5.91 Å². The SMILES string of the molecule is CC(C)CC(C(=O)OCC(=O)Nc1sc2c(c1C#N)CCCCC2)N1C(=O)C2CC=CCC2C1=O. The smallest absolute Gasteiger partial charge is 0.329 e. The molecule has 1 aliphatic heterocycles. The first-order valence-corrected chi connectivity index (χ1v) is 13.2. The number of thiophene rings is 1. The van der Waals surface area contributed by atoms with Gasteiger partial charge in [-0.15, -0.1) is 11.3 Å². The third kappa shape index (κ3) is 5.18. The van der Waals surface area contributed by atoms with Crippen molar-refractivity contribution in [3.05, 3.63) is 28.2 Å². The summed E-state index contributed by atoms with van der Waals surface area (Å²) in [6, 6.07) is 1.16. The highest BCUT2D eigenvalue weighted by Crippen LogP contribution is 2.38. The minimum Gasteiger partial charge on any atom is -0.454 e. The zero-order valence-corrected chi connectivity index (χ0v) is 21.0. The highest BCUT2D eigenvalue weighted by molar-refractivity contribution is 7.16. The molecule has 3 amide bonds. The fourth-order valence-electron chi connectivity index (χ4n) is 5.23. The lowest BCUT2D eigenvalue weighted by molar-refractivity contribution is -0.160. The van der Waals surface area contributed by atoms with Gasteiger partial charge < -0.3 is 10.1 Å². The Labute approximate surface area is 209 Å². The Balaban J connectivity index is 1.42. The summed E-state index contributed by atoms with van der Waals surface area (Å²) in [7, 11) is 0. The van der Waals surface area contributed by atoms with Gasteiger partial charge in [0.05, 0.1) is 17.4 Å². The molecular weight excluding hydrogens is 466 g/mol. The molecule has 2 heterocycles. The van der Waals surface area contributed by atoms with Gasteiger partial charge in [-0.25, -0.2) is 4.79 Å². The lowest BCUT2D eigenvalue weighted by Gasteiger charge is -2.26. The number of rotatable bonds is 7. The summed E-state index contributed by atoms with van der Waals surface area (Å²) in [6.45, 7) is 3.25. The zero-order valence-electron chi connectivity index (χ0n) is 20.2. The standard InChI is InChI=1S/C26H31N3O5S/c1-15(2)12-20(29-24(31)17-9-6-7-10-18(17)25(29)32)26(33)34-14-22(30)28-23-19(13-27)16-8-4-3-5-11-21(16)35-23/h6-7,15,17-18,20H,3-5,8-12,14H2,1-2H3,(H,28,30). The number of imide groups is 1. The number of ether oxygens (including phenoxy) is 1. The van der Waals surface area contributed by atoms with Crippen molar-refractivity contribution in [2.24, 2.45) is 17.8 Å². The molecule has 0 spiro atoms. The summed E-state index contributed by atoms with van der Waals surface area (Å²) in [6.07, 6.45) is 9.97. The molecule has 8 nitrogen and oxygen atoms in total. The first-order chi connectivity index (χ1) is 16.8. The summed E-state index contributed by atoms with van der Waals surface area (Å²) in [4.78, 5) is 53.9. The van der Waals surface area contributed by atoms with E-state index in [1.54, 1.807) is 0 Å². The van der Waals surface area contributed by atoms with Crippen molar-refractivity contribution in [1.82, 2.24) is 4.90 Å². The number of likely N-dealkylation sites (tertiary alicyclic amines) is 1. The number of fused-ring (bicyclic) bond motifs is 2. The molecule has 35 heavy (non-hydrogen) atoms. The second-order valence-electron chi connectivity index (χ2n) is 9.88. The van der Waals surface area contributed by atoms with E-state index in [0.29, 0.717) is 23.4 Å². The number of nitrogens with one attached hydrogen (secondary N) is 1.